The van der Waals surface area contributed by atoms with Crippen molar-refractivity contribution in [3.05, 3.63) is 24.0 Å². The number of likely N-dealkylation sites (tertiary alicyclic amines) is 1. The molecule has 1 aromatic rings. The molecule has 1 amide bonds. The molecule has 4 nitrogen and oxygen atoms in total. The van der Waals surface area contributed by atoms with Crippen LogP contribution in [-0.4, -0.2) is 42.1 Å². The highest BCUT2D eigenvalue weighted by molar-refractivity contribution is 5.93. The van der Waals surface area contributed by atoms with Crippen molar-refractivity contribution in [2.75, 3.05) is 26.7 Å². The maximum Gasteiger partial charge on any atom is 0.270 e. The highest BCUT2D eigenvalue weighted by atomic mass is 16.2. The number of hydrogen-bond donors (Lipinski definition) is 1. The third-order valence-electron chi connectivity index (χ3n) is 4.64. The zero-order valence-electron chi connectivity index (χ0n) is 12.3. The third kappa shape index (κ3) is 2.90. The van der Waals surface area contributed by atoms with Gasteiger partial charge in [-0.25, -0.2) is 0 Å². The first-order chi connectivity index (χ1) is 9.79. The molecule has 1 aliphatic carbocycles. The molecule has 0 spiro atoms. The zero-order chi connectivity index (χ0) is 13.9. The molecule has 0 radical (unpaired) electrons. The molecule has 0 unspecified atom stereocenters. The zero-order valence-corrected chi connectivity index (χ0v) is 12.3. The van der Waals surface area contributed by atoms with Crippen molar-refractivity contribution < 1.29 is 4.79 Å². The van der Waals surface area contributed by atoms with E-state index in [1.807, 2.05) is 24.1 Å². The lowest BCUT2D eigenvalue weighted by Gasteiger charge is -2.32. The summed E-state index contributed by atoms with van der Waals surface area (Å²) in [5.74, 6) is 1.01. The van der Waals surface area contributed by atoms with Gasteiger partial charge in [-0.05, 0) is 63.7 Å². The van der Waals surface area contributed by atoms with Gasteiger partial charge in [0, 0.05) is 25.3 Å². The topological polar surface area (TPSA) is 37.3 Å². The smallest absolute Gasteiger partial charge is 0.270 e. The molecule has 2 heterocycles. The van der Waals surface area contributed by atoms with E-state index in [0.29, 0.717) is 6.04 Å². The van der Waals surface area contributed by atoms with Crippen molar-refractivity contribution in [2.45, 2.75) is 38.1 Å². The number of carbonyl (C=O) groups excluding carboxylic acids is 1. The SMILES string of the molecule is CNCCC1CCN(C(=O)c2cccn2C2CC2)CC1. The highest BCUT2D eigenvalue weighted by Gasteiger charge is 2.29. The van der Waals surface area contributed by atoms with E-state index in [2.05, 4.69) is 16.1 Å². The first-order valence-electron chi connectivity index (χ1n) is 7.90. The molecule has 0 bridgehead atoms. The van der Waals surface area contributed by atoms with E-state index in [0.717, 1.165) is 44.1 Å². The first kappa shape index (κ1) is 13.7. The van der Waals surface area contributed by atoms with E-state index >= 15 is 0 Å². The lowest BCUT2D eigenvalue weighted by molar-refractivity contribution is 0.0676. The van der Waals surface area contributed by atoms with Gasteiger partial charge < -0.3 is 14.8 Å². The van der Waals surface area contributed by atoms with Crippen LogP contribution in [0.25, 0.3) is 0 Å². The minimum absolute atomic E-state index is 0.231. The predicted octanol–water partition coefficient (Wildman–Crippen LogP) is 2.28. The normalized spacial score (nSPS) is 20.4. The number of hydrogen-bond acceptors (Lipinski definition) is 2. The lowest BCUT2D eigenvalue weighted by Crippen LogP contribution is -2.39. The van der Waals surface area contributed by atoms with Crippen molar-refractivity contribution >= 4 is 5.91 Å². The Bertz CT molecular complexity index is 456. The molecule has 4 heteroatoms. The summed E-state index contributed by atoms with van der Waals surface area (Å²) < 4.78 is 2.18. The van der Waals surface area contributed by atoms with Crippen molar-refractivity contribution in [1.29, 1.82) is 0 Å². The first-order valence-corrected chi connectivity index (χ1v) is 7.90. The fourth-order valence-corrected chi connectivity index (χ4v) is 3.18. The largest absolute Gasteiger partial charge is 0.340 e. The number of amides is 1. The molecule has 1 saturated heterocycles. The van der Waals surface area contributed by atoms with Gasteiger partial charge in [0.15, 0.2) is 0 Å². The molecule has 2 fully saturated rings. The van der Waals surface area contributed by atoms with Crippen LogP contribution in [0, 0.1) is 5.92 Å². The maximum atomic E-state index is 12.6. The van der Waals surface area contributed by atoms with Crippen LogP contribution in [0.1, 0.15) is 48.6 Å². The van der Waals surface area contributed by atoms with Crippen LogP contribution in [0.3, 0.4) is 0 Å². The number of carbonyl (C=O) groups is 1. The Morgan fingerprint density at radius 2 is 2.05 bits per heavy atom. The molecule has 3 rings (SSSR count). The fourth-order valence-electron chi connectivity index (χ4n) is 3.18. The highest BCUT2D eigenvalue weighted by Crippen LogP contribution is 2.36. The molecular formula is C16H25N3O. The molecule has 2 aliphatic rings. The Labute approximate surface area is 121 Å². The quantitative estimate of drug-likeness (QED) is 0.895. The predicted molar refractivity (Wildman–Crippen MR) is 79.9 cm³/mol. The van der Waals surface area contributed by atoms with Gasteiger partial charge in [0.25, 0.3) is 5.91 Å². The number of aromatic nitrogens is 1. The van der Waals surface area contributed by atoms with Gasteiger partial charge in [-0.3, -0.25) is 4.79 Å². The van der Waals surface area contributed by atoms with Crippen molar-refractivity contribution in [3.63, 3.8) is 0 Å². The van der Waals surface area contributed by atoms with Crippen LogP contribution in [-0.2, 0) is 0 Å². The van der Waals surface area contributed by atoms with E-state index in [1.165, 1.54) is 19.3 Å². The molecule has 1 N–H and O–H groups in total. The average molecular weight is 275 g/mol. The van der Waals surface area contributed by atoms with Gasteiger partial charge in [-0.15, -0.1) is 0 Å². The van der Waals surface area contributed by atoms with Crippen molar-refractivity contribution in [2.24, 2.45) is 5.92 Å². The molecule has 110 valence electrons. The van der Waals surface area contributed by atoms with Gasteiger partial charge in [0.2, 0.25) is 0 Å². The summed E-state index contributed by atoms with van der Waals surface area (Å²) in [5, 5.41) is 3.21. The average Bonchev–Trinajstić information content (AvgIpc) is 3.22. The van der Waals surface area contributed by atoms with Crippen LogP contribution in [0.2, 0.25) is 0 Å². The number of piperidine rings is 1. The molecule has 0 aromatic carbocycles. The van der Waals surface area contributed by atoms with E-state index in [9.17, 15) is 4.79 Å². The van der Waals surface area contributed by atoms with Gasteiger partial charge in [0.05, 0.1) is 0 Å². The Balaban J connectivity index is 1.57. The van der Waals surface area contributed by atoms with E-state index in [4.69, 9.17) is 0 Å². The Morgan fingerprint density at radius 1 is 1.30 bits per heavy atom. The Hall–Kier alpha value is -1.29. The second-order valence-corrected chi connectivity index (χ2v) is 6.16. The molecule has 1 aliphatic heterocycles. The standard InChI is InChI=1S/C16H25N3O/c1-17-9-6-13-7-11-18(12-8-13)16(20)15-3-2-10-19(15)14-4-5-14/h2-3,10,13-14,17H,4-9,11-12H2,1H3. The lowest BCUT2D eigenvalue weighted by atomic mass is 9.93. The monoisotopic (exact) mass is 275 g/mol. The summed E-state index contributed by atoms with van der Waals surface area (Å²) >= 11 is 0. The summed E-state index contributed by atoms with van der Waals surface area (Å²) in [4.78, 5) is 14.7. The molecular weight excluding hydrogens is 250 g/mol. The van der Waals surface area contributed by atoms with E-state index < -0.39 is 0 Å². The van der Waals surface area contributed by atoms with E-state index in [-0.39, 0.29) is 5.91 Å². The Morgan fingerprint density at radius 3 is 2.70 bits per heavy atom. The summed E-state index contributed by atoms with van der Waals surface area (Å²) in [6, 6.07) is 4.57. The number of nitrogens with zero attached hydrogens (tertiary/aromatic N) is 2. The Kier molecular flexibility index (Phi) is 4.10. The summed E-state index contributed by atoms with van der Waals surface area (Å²) in [6.45, 7) is 2.93. The van der Waals surface area contributed by atoms with Crippen LogP contribution >= 0.6 is 0 Å². The molecule has 1 saturated carbocycles. The van der Waals surface area contributed by atoms with Crippen LogP contribution in [0.15, 0.2) is 18.3 Å². The summed E-state index contributed by atoms with van der Waals surface area (Å²) in [5.41, 5.74) is 0.890. The van der Waals surface area contributed by atoms with Gasteiger partial charge in [0.1, 0.15) is 5.69 Å². The third-order valence-corrected chi connectivity index (χ3v) is 4.64. The molecule has 0 atom stereocenters. The van der Waals surface area contributed by atoms with Crippen molar-refractivity contribution in [3.8, 4) is 0 Å². The van der Waals surface area contributed by atoms with Gasteiger partial charge >= 0.3 is 0 Å². The number of rotatable bonds is 5. The minimum Gasteiger partial charge on any atom is -0.340 e. The minimum atomic E-state index is 0.231. The fraction of sp³-hybridized carbons (Fsp3) is 0.688. The maximum absolute atomic E-state index is 12.6. The van der Waals surface area contributed by atoms with E-state index in [1.54, 1.807) is 0 Å². The second kappa shape index (κ2) is 6.00. The van der Waals surface area contributed by atoms with Gasteiger partial charge in [-0.1, -0.05) is 0 Å². The summed E-state index contributed by atoms with van der Waals surface area (Å²) in [6.07, 6.45) is 8.04. The number of nitrogens with one attached hydrogen (secondary N) is 1. The van der Waals surface area contributed by atoms with Crippen LogP contribution < -0.4 is 5.32 Å². The second-order valence-electron chi connectivity index (χ2n) is 6.16. The molecule has 20 heavy (non-hydrogen) atoms. The van der Waals surface area contributed by atoms with Crippen LogP contribution in [0.4, 0.5) is 0 Å². The van der Waals surface area contributed by atoms with Crippen LogP contribution in [0.5, 0.6) is 0 Å². The molecule has 1 aromatic heterocycles. The van der Waals surface area contributed by atoms with Gasteiger partial charge in [-0.2, -0.15) is 0 Å². The van der Waals surface area contributed by atoms with Crippen molar-refractivity contribution in [1.82, 2.24) is 14.8 Å². The summed E-state index contributed by atoms with van der Waals surface area (Å²) in [7, 11) is 2.00.